The molecule has 0 radical (unpaired) electrons. The third-order valence-corrected chi connectivity index (χ3v) is 6.24. The number of pyridine rings is 2. The molecule has 0 unspecified atom stereocenters. The van der Waals surface area contributed by atoms with E-state index in [4.69, 9.17) is 9.72 Å². The van der Waals surface area contributed by atoms with Gasteiger partial charge in [-0.15, -0.1) is 0 Å². The molecule has 8 nitrogen and oxygen atoms in total. The van der Waals surface area contributed by atoms with Gasteiger partial charge >= 0.3 is 0 Å². The lowest BCUT2D eigenvalue weighted by Gasteiger charge is -2.34. The SMILES string of the molecule is N#Cc1cc2c(nc1N1CCC(Cn3cnc(-c4cccnc4)cc3=O)CC1)CCOC2. The van der Waals surface area contributed by atoms with Gasteiger partial charge < -0.3 is 9.64 Å². The summed E-state index contributed by atoms with van der Waals surface area (Å²) < 4.78 is 7.19. The lowest BCUT2D eigenvalue weighted by atomic mass is 9.96. The van der Waals surface area contributed by atoms with E-state index in [2.05, 4.69) is 20.9 Å². The first-order valence-electron chi connectivity index (χ1n) is 10.9. The first kappa shape index (κ1) is 20.3. The highest BCUT2D eigenvalue weighted by molar-refractivity contribution is 5.57. The summed E-state index contributed by atoms with van der Waals surface area (Å²) in [7, 11) is 0. The lowest BCUT2D eigenvalue weighted by molar-refractivity contribution is 0.109. The Bertz CT molecular complexity index is 1210. The highest BCUT2D eigenvalue weighted by Gasteiger charge is 2.25. The van der Waals surface area contributed by atoms with E-state index < -0.39 is 0 Å². The van der Waals surface area contributed by atoms with E-state index in [0.29, 0.717) is 36.9 Å². The number of piperidine rings is 1. The minimum Gasteiger partial charge on any atom is -0.376 e. The molecule has 0 saturated carbocycles. The molecule has 0 N–H and O–H groups in total. The Kier molecular flexibility index (Phi) is 5.65. The number of hydrogen-bond acceptors (Lipinski definition) is 7. The van der Waals surface area contributed by atoms with Crippen molar-refractivity contribution in [2.75, 3.05) is 24.6 Å². The van der Waals surface area contributed by atoms with Crippen LogP contribution in [0.15, 0.2) is 47.8 Å². The molecule has 162 valence electrons. The number of ether oxygens (including phenoxy) is 1. The van der Waals surface area contributed by atoms with Crippen molar-refractivity contribution in [3.63, 3.8) is 0 Å². The van der Waals surface area contributed by atoms with Crippen LogP contribution in [-0.2, 0) is 24.3 Å². The standard InChI is InChI=1S/C24H24N6O2/c25-12-19-10-20-15-32-9-5-21(20)28-24(19)29-7-3-17(4-8-29)14-30-16-27-22(11-23(30)31)18-2-1-6-26-13-18/h1-2,6,10-11,13,16-17H,3-5,7-9,14-15H2. The predicted octanol–water partition coefficient (Wildman–Crippen LogP) is 2.56. The fourth-order valence-electron chi connectivity index (χ4n) is 4.44. The van der Waals surface area contributed by atoms with Gasteiger partial charge in [-0.3, -0.25) is 14.3 Å². The highest BCUT2D eigenvalue weighted by Crippen LogP contribution is 2.28. The van der Waals surface area contributed by atoms with E-state index in [1.165, 1.54) is 0 Å². The van der Waals surface area contributed by atoms with Crippen molar-refractivity contribution in [2.24, 2.45) is 5.92 Å². The maximum atomic E-state index is 12.6. The molecule has 3 aromatic heterocycles. The van der Waals surface area contributed by atoms with Crippen LogP contribution in [0.5, 0.6) is 0 Å². The van der Waals surface area contributed by atoms with Gasteiger partial charge in [0.05, 0.1) is 36.5 Å². The van der Waals surface area contributed by atoms with Crippen LogP contribution in [0, 0.1) is 17.2 Å². The predicted molar refractivity (Wildman–Crippen MR) is 119 cm³/mol. The van der Waals surface area contributed by atoms with Crippen LogP contribution >= 0.6 is 0 Å². The van der Waals surface area contributed by atoms with Gasteiger partial charge in [-0.05, 0) is 37.0 Å². The molecule has 8 heteroatoms. The molecule has 2 aliphatic heterocycles. The number of rotatable bonds is 4. The molecule has 1 saturated heterocycles. The third-order valence-electron chi connectivity index (χ3n) is 6.24. The highest BCUT2D eigenvalue weighted by atomic mass is 16.5. The Balaban J connectivity index is 1.26. The van der Waals surface area contributed by atoms with Crippen molar-refractivity contribution < 1.29 is 4.74 Å². The second kappa shape index (κ2) is 8.89. The van der Waals surface area contributed by atoms with Crippen LogP contribution < -0.4 is 10.5 Å². The number of nitriles is 1. The van der Waals surface area contributed by atoms with Gasteiger partial charge in [-0.2, -0.15) is 5.26 Å². The lowest BCUT2D eigenvalue weighted by Crippen LogP contribution is -2.37. The molecule has 3 aromatic rings. The maximum Gasteiger partial charge on any atom is 0.253 e. The first-order chi connectivity index (χ1) is 15.7. The summed E-state index contributed by atoms with van der Waals surface area (Å²) in [5, 5.41) is 9.63. The number of anilines is 1. The topological polar surface area (TPSA) is 96.9 Å². The molecule has 2 aliphatic rings. The Morgan fingerprint density at radius 1 is 1.25 bits per heavy atom. The zero-order valence-corrected chi connectivity index (χ0v) is 17.8. The van der Waals surface area contributed by atoms with Crippen LogP contribution in [0.1, 0.15) is 29.7 Å². The Labute approximate surface area is 186 Å². The molecular formula is C24H24N6O2. The largest absolute Gasteiger partial charge is 0.376 e. The fourth-order valence-corrected chi connectivity index (χ4v) is 4.44. The van der Waals surface area contributed by atoms with E-state index in [9.17, 15) is 10.1 Å². The smallest absolute Gasteiger partial charge is 0.253 e. The van der Waals surface area contributed by atoms with E-state index in [1.807, 2.05) is 18.2 Å². The summed E-state index contributed by atoms with van der Waals surface area (Å²) in [4.78, 5) is 28.2. The first-order valence-corrected chi connectivity index (χ1v) is 10.9. The molecule has 0 spiro atoms. The number of fused-ring (bicyclic) bond motifs is 1. The van der Waals surface area contributed by atoms with E-state index in [0.717, 1.165) is 55.0 Å². The van der Waals surface area contributed by atoms with Crippen LogP contribution in [0.4, 0.5) is 5.82 Å². The molecule has 0 aromatic carbocycles. The summed E-state index contributed by atoms with van der Waals surface area (Å²) in [6.45, 7) is 3.49. The summed E-state index contributed by atoms with van der Waals surface area (Å²) in [5.74, 6) is 1.16. The molecular weight excluding hydrogens is 404 g/mol. The van der Waals surface area contributed by atoms with Gasteiger partial charge in [-0.1, -0.05) is 0 Å². The molecule has 1 fully saturated rings. The van der Waals surface area contributed by atoms with E-state index in [1.54, 1.807) is 29.4 Å². The maximum absolute atomic E-state index is 12.6. The van der Waals surface area contributed by atoms with Crippen LogP contribution in [0.2, 0.25) is 0 Å². The zero-order chi connectivity index (χ0) is 21.9. The molecule has 0 atom stereocenters. The Morgan fingerprint density at radius 3 is 2.88 bits per heavy atom. The Morgan fingerprint density at radius 2 is 2.12 bits per heavy atom. The number of hydrogen-bond donors (Lipinski definition) is 0. The average molecular weight is 428 g/mol. The van der Waals surface area contributed by atoms with Crippen molar-refractivity contribution in [1.82, 2.24) is 19.5 Å². The van der Waals surface area contributed by atoms with Crippen molar-refractivity contribution in [3.05, 3.63) is 70.2 Å². The van der Waals surface area contributed by atoms with Crippen molar-refractivity contribution in [1.29, 1.82) is 5.26 Å². The summed E-state index contributed by atoms with van der Waals surface area (Å²) >= 11 is 0. The van der Waals surface area contributed by atoms with Crippen molar-refractivity contribution in [2.45, 2.75) is 32.4 Å². The minimum absolute atomic E-state index is 0.0494. The van der Waals surface area contributed by atoms with Crippen LogP contribution in [0.25, 0.3) is 11.3 Å². The second-order valence-corrected chi connectivity index (χ2v) is 8.32. The van der Waals surface area contributed by atoms with E-state index in [-0.39, 0.29) is 5.56 Å². The van der Waals surface area contributed by atoms with E-state index >= 15 is 0 Å². The molecule has 0 amide bonds. The minimum atomic E-state index is -0.0494. The van der Waals surface area contributed by atoms with Gasteiger partial charge in [0.2, 0.25) is 0 Å². The normalized spacial score (nSPS) is 16.4. The van der Waals surface area contributed by atoms with Gasteiger partial charge in [0.25, 0.3) is 5.56 Å². The van der Waals surface area contributed by atoms with Crippen LogP contribution in [0.3, 0.4) is 0 Å². The molecule has 5 rings (SSSR count). The number of nitrogens with zero attached hydrogens (tertiary/aromatic N) is 6. The quantitative estimate of drug-likeness (QED) is 0.630. The second-order valence-electron chi connectivity index (χ2n) is 8.32. The zero-order valence-electron chi connectivity index (χ0n) is 17.8. The van der Waals surface area contributed by atoms with Crippen LogP contribution in [-0.4, -0.2) is 39.2 Å². The van der Waals surface area contributed by atoms with Gasteiger partial charge in [-0.25, -0.2) is 9.97 Å². The molecule has 5 heterocycles. The third kappa shape index (κ3) is 4.12. The summed E-state index contributed by atoms with van der Waals surface area (Å²) in [6.07, 6.45) is 7.70. The van der Waals surface area contributed by atoms with Gasteiger partial charge in [0.1, 0.15) is 11.9 Å². The Hall–Kier alpha value is -3.57. The average Bonchev–Trinajstić information content (AvgIpc) is 2.85. The molecule has 32 heavy (non-hydrogen) atoms. The monoisotopic (exact) mass is 428 g/mol. The summed E-state index contributed by atoms with van der Waals surface area (Å²) in [5.41, 5.74) is 4.10. The fraction of sp³-hybridized carbons (Fsp3) is 0.375. The van der Waals surface area contributed by atoms with Gasteiger partial charge in [0, 0.05) is 55.6 Å². The van der Waals surface area contributed by atoms with Gasteiger partial charge in [0.15, 0.2) is 0 Å². The summed E-state index contributed by atoms with van der Waals surface area (Å²) in [6, 6.07) is 9.53. The van der Waals surface area contributed by atoms with Crippen molar-refractivity contribution in [3.8, 4) is 17.3 Å². The molecule has 0 aliphatic carbocycles. The van der Waals surface area contributed by atoms with Crippen molar-refractivity contribution >= 4 is 5.82 Å². The number of aromatic nitrogens is 4. The molecule has 0 bridgehead atoms.